The Labute approximate surface area is 220 Å². The summed E-state index contributed by atoms with van der Waals surface area (Å²) < 4.78 is 16.8. The summed E-state index contributed by atoms with van der Waals surface area (Å²) in [6, 6.07) is -0.452. The molecule has 5 atom stereocenters. The van der Waals surface area contributed by atoms with Crippen LogP contribution < -0.4 is 5.32 Å². The number of ketones is 1. The zero-order valence-electron chi connectivity index (χ0n) is 20.3. The largest absolute Gasteiger partial charge is 0.604 e. The summed E-state index contributed by atoms with van der Waals surface area (Å²) in [5.41, 5.74) is -0.782. The number of nitrogens with zero attached hydrogens (tertiary/aromatic N) is 1. The number of ether oxygens (including phenoxy) is 1. The summed E-state index contributed by atoms with van der Waals surface area (Å²) in [6.07, 6.45) is 6.32. The SMILES string of the molecule is CC(=O)OC1/C=C(\C)CC[C@]2(CC(=O)NC(C)c3nc(cs3)/C=C\C=C\C1=O)[S+]([O-])SC(=O)[C@]2(C)O. The van der Waals surface area contributed by atoms with Crippen LogP contribution in [-0.4, -0.2) is 53.9 Å². The molecule has 1 aromatic rings. The van der Waals surface area contributed by atoms with E-state index in [1.165, 1.54) is 43.4 Å². The Bertz CT molecular complexity index is 1140. The molecule has 9 nitrogen and oxygen atoms in total. The van der Waals surface area contributed by atoms with Gasteiger partial charge in [0.05, 0.1) is 18.2 Å². The molecular formula is C24H28N2O7S3. The van der Waals surface area contributed by atoms with Gasteiger partial charge in [0.25, 0.3) is 5.12 Å². The molecule has 0 radical (unpaired) electrons. The molecule has 1 aromatic heterocycles. The van der Waals surface area contributed by atoms with E-state index in [0.717, 1.165) is 0 Å². The summed E-state index contributed by atoms with van der Waals surface area (Å²) in [4.78, 5) is 54.3. The van der Waals surface area contributed by atoms with E-state index < -0.39 is 55.5 Å². The van der Waals surface area contributed by atoms with E-state index in [-0.39, 0.29) is 19.3 Å². The first-order valence-corrected chi connectivity index (χ1v) is 14.6. The van der Waals surface area contributed by atoms with Gasteiger partial charge in [0.15, 0.2) is 33.0 Å². The molecule has 2 aliphatic heterocycles. The van der Waals surface area contributed by atoms with Crippen LogP contribution in [0.1, 0.15) is 63.7 Å². The molecule has 0 aromatic carbocycles. The molecule has 1 spiro atoms. The van der Waals surface area contributed by atoms with Gasteiger partial charge in [-0.2, -0.15) is 0 Å². The number of esters is 1. The van der Waals surface area contributed by atoms with Gasteiger partial charge in [-0.3, -0.25) is 19.2 Å². The van der Waals surface area contributed by atoms with Crippen LogP contribution in [0.15, 0.2) is 35.3 Å². The fourth-order valence-corrected chi connectivity index (χ4v) is 8.65. The fourth-order valence-electron chi connectivity index (χ4n) is 3.91. The van der Waals surface area contributed by atoms with Crippen molar-refractivity contribution < 1.29 is 33.6 Å². The molecule has 3 heterocycles. The van der Waals surface area contributed by atoms with Crippen molar-refractivity contribution in [3.63, 3.8) is 0 Å². The molecular weight excluding hydrogens is 524 g/mol. The first-order chi connectivity index (χ1) is 16.9. The van der Waals surface area contributed by atoms with E-state index in [4.69, 9.17) is 4.74 Å². The molecule has 1 fully saturated rings. The van der Waals surface area contributed by atoms with Crippen molar-refractivity contribution in [2.45, 2.75) is 69.5 Å². The van der Waals surface area contributed by atoms with E-state index in [1.54, 1.807) is 31.4 Å². The number of carbonyl (C=O) groups excluding carboxylic acids is 4. The number of hydrogen-bond acceptors (Lipinski definition) is 10. The van der Waals surface area contributed by atoms with Gasteiger partial charge in [0.2, 0.25) is 5.91 Å². The lowest BCUT2D eigenvalue weighted by atomic mass is 9.81. The van der Waals surface area contributed by atoms with Crippen LogP contribution in [0.2, 0.25) is 0 Å². The molecule has 0 saturated carbocycles. The number of amides is 1. The summed E-state index contributed by atoms with van der Waals surface area (Å²) in [5, 5.41) is 15.7. The highest BCUT2D eigenvalue weighted by molar-refractivity contribution is 8.79. The number of allylic oxidation sites excluding steroid dienone is 3. The molecule has 194 valence electrons. The van der Waals surface area contributed by atoms with Crippen molar-refractivity contribution in [1.29, 1.82) is 0 Å². The molecule has 1 saturated heterocycles. The van der Waals surface area contributed by atoms with Crippen LogP contribution in [0.3, 0.4) is 0 Å². The van der Waals surface area contributed by atoms with Gasteiger partial charge < -0.3 is 19.7 Å². The Morgan fingerprint density at radius 3 is 2.64 bits per heavy atom. The van der Waals surface area contributed by atoms with Gasteiger partial charge in [-0.15, -0.1) is 11.3 Å². The molecule has 2 aliphatic rings. The number of nitrogens with one attached hydrogen (secondary N) is 1. The smallest absolute Gasteiger partial charge is 0.303 e. The van der Waals surface area contributed by atoms with Crippen molar-refractivity contribution in [2.24, 2.45) is 0 Å². The lowest BCUT2D eigenvalue weighted by Gasteiger charge is -2.35. The lowest BCUT2D eigenvalue weighted by molar-refractivity contribution is -0.148. The van der Waals surface area contributed by atoms with Gasteiger partial charge >= 0.3 is 5.97 Å². The average molecular weight is 553 g/mol. The van der Waals surface area contributed by atoms with Crippen LogP contribution in [0.5, 0.6) is 0 Å². The number of hydrogen-bond donors (Lipinski definition) is 2. The normalized spacial score (nSPS) is 35.3. The predicted octanol–water partition coefficient (Wildman–Crippen LogP) is 2.95. The first-order valence-electron chi connectivity index (χ1n) is 11.2. The van der Waals surface area contributed by atoms with Crippen molar-refractivity contribution in [2.75, 3.05) is 0 Å². The van der Waals surface area contributed by atoms with Crippen LogP contribution in [0, 0.1) is 0 Å². The van der Waals surface area contributed by atoms with E-state index >= 15 is 0 Å². The number of carbonyl (C=O) groups is 4. The van der Waals surface area contributed by atoms with Crippen LogP contribution in [0.25, 0.3) is 6.08 Å². The summed E-state index contributed by atoms with van der Waals surface area (Å²) in [6.45, 7) is 5.94. The third-order valence-corrected chi connectivity index (χ3v) is 11.1. The molecule has 1 amide bonds. The second kappa shape index (κ2) is 11.4. The lowest BCUT2D eigenvalue weighted by Crippen LogP contribution is -2.56. The van der Waals surface area contributed by atoms with E-state index in [2.05, 4.69) is 10.3 Å². The number of rotatable bonds is 1. The maximum absolute atomic E-state index is 13.1. The first kappa shape index (κ1) is 28.3. The third-order valence-electron chi connectivity index (χ3n) is 6.06. The molecule has 36 heavy (non-hydrogen) atoms. The monoisotopic (exact) mass is 552 g/mol. The quantitative estimate of drug-likeness (QED) is 0.232. The Morgan fingerprint density at radius 2 is 2.00 bits per heavy atom. The summed E-state index contributed by atoms with van der Waals surface area (Å²) in [7, 11) is -1.37. The minimum Gasteiger partial charge on any atom is -0.604 e. The number of aliphatic hydroxyl groups is 1. The maximum Gasteiger partial charge on any atom is 0.303 e. The minimum absolute atomic E-state index is 0.0243. The molecule has 2 bridgehead atoms. The van der Waals surface area contributed by atoms with Gasteiger partial charge in [-0.1, -0.05) is 17.7 Å². The van der Waals surface area contributed by atoms with E-state index in [0.29, 0.717) is 27.1 Å². The van der Waals surface area contributed by atoms with Gasteiger partial charge in [0.1, 0.15) is 5.01 Å². The minimum atomic E-state index is -2.02. The predicted molar refractivity (Wildman–Crippen MR) is 139 cm³/mol. The topological polar surface area (TPSA) is 146 Å². The van der Waals surface area contributed by atoms with Crippen molar-refractivity contribution in [3.05, 3.63) is 46.0 Å². The Balaban J connectivity index is 2.03. The Morgan fingerprint density at radius 1 is 1.31 bits per heavy atom. The van der Waals surface area contributed by atoms with Gasteiger partial charge in [-0.25, -0.2) is 4.98 Å². The maximum atomic E-state index is 13.1. The molecule has 12 heteroatoms. The number of aromatic nitrogens is 1. The third kappa shape index (κ3) is 6.17. The average Bonchev–Trinajstić information content (AvgIpc) is 3.32. The van der Waals surface area contributed by atoms with Crippen LogP contribution in [-0.2, 0) is 34.1 Å². The number of thiazole rings is 1. The zero-order chi connectivity index (χ0) is 26.7. The van der Waals surface area contributed by atoms with Gasteiger partial charge in [0, 0.05) is 28.9 Å². The van der Waals surface area contributed by atoms with Crippen molar-refractivity contribution in [3.8, 4) is 0 Å². The molecule has 0 aliphatic carbocycles. The second-order valence-corrected chi connectivity index (χ2v) is 13.0. The molecule has 2 N–H and O–H groups in total. The van der Waals surface area contributed by atoms with Gasteiger partial charge in [-0.05, 0) is 45.4 Å². The van der Waals surface area contributed by atoms with Crippen LogP contribution in [0.4, 0.5) is 0 Å². The van der Waals surface area contributed by atoms with E-state index in [9.17, 15) is 28.8 Å². The summed E-state index contributed by atoms with van der Waals surface area (Å²) >= 11 is 1.34. The zero-order valence-corrected chi connectivity index (χ0v) is 22.8. The Hall–Kier alpha value is -2.25. The fraction of sp³-hybridized carbons (Fsp3) is 0.458. The Kier molecular flexibility index (Phi) is 8.99. The number of fused-ring (bicyclic) bond motifs is 2. The highest BCUT2D eigenvalue weighted by atomic mass is 33.1. The standard InChI is InChI=1S/C24H28N2O7S3/c1-14-9-10-24(23(4,31)22(30)35-36(24)32)12-20(29)25-15(2)21-26-17(13-34-21)7-5-6-8-18(28)19(11-14)33-16(3)27/h5-8,11,13,15,19,31H,9-10,12H2,1-4H3,(H,25,29)/b7-5-,8-6+,14-11+/t15?,19?,23-,24+,36?/m0/s1. The van der Waals surface area contributed by atoms with Crippen molar-refractivity contribution >= 4 is 61.2 Å². The second-order valence-electron chi connectivity index (χ2n) is 8.91. The molecule has 3 unspecified atom stereocenters. The van der Waals surface area contributed by atoms with E-state index in [1.807, 2.05) is 0 Å². The highest BCUT2D eigenvalue weighted by Gasteiger charge is 2.69. The molecule has 3 rings (SSSR count). The highest BCUT2D eigenvalue weighted by Crippen LogP contribution is 2.52. The van der Waals surface area contributed by atoms with Crippen molar-refractivity contribution in [1.82, 2.24) is 10.3 Å². The summed E-state index contributed by atoms with van der Waals surface area (Å²) in [5.74, 6) is -1.57. The van der Waals surface area contributed by atoms with Crippen LogP contribution >= 0.6 is 22.1 Å².